The van der Waals surface area contributed by atoms with Gasteiger partial charge >= 0.3 is 0 Å². The molecule has 270 valence electrons. The highest BCUT2D eigenvalue weighted by Gasteiger charge is 2.19. The summed E-state index contributed by atoms with van der Waals surface area (Å²) in [7, 11) is 0. The van der Waals surface area contributed by atoms with Crippen LogP contribution in [-0.2, 0) is 0 Å². The molecule has 0 aliphatic carbocycles. The van der Waals surface area contributed by atoms with E-state index in [1.807, 2.05) is 30.4 Å². The molecule has 3 aromatic heterocycles. The minimum Gasteiger partial charge on any atom is -0.313 e. The maximum atomic E-state index is 5.34. The van der Waals surface area contributed by atoms with Gasteiger partial charge in [0.1, 0.15) is 0 Å². The topological polar surface area (TPSA) is 35.6 Å². The summed E-state index contributed by atoms with van der Waals surface area (Å²) in [5, 5.41) is 3.62. The molecule has 10 aromatic rings. The molecular formula is C53H38N4. The molecule has 0 bridgehead atoms. The Labute approximate surface area is 332 Å². The lowest BCUT2D eigenvalue weighted by Crippen LogP contribution is -2.03. The van der Waals surface area contributed by atoms with Crippen molar-refractivity contribution in [2.75, 3.05) is 0 Å². The molecular weight excluding hydrogens is 693 g/mol. The van der Waals surface area contributed by atoms with E-state index in [1.54, 1.807) is 0 Å². The number of aromatic nitrogens is 4. The number of nitrogens with zero attached hydrogens (tertiary/aromatic N) is 4. The first-order valence-corrected chi connectivity index (χ1v) is 19.3. The van der Waals surface area contributed by atoms with E-state index < -0.39 is 0 Å². The van der Waals surface area contributed by atoms with E-state index in [1.165, 1.54) is 21.7 Å². The highest BCUT2D eigenvalue weighted by Crippen LogP contribution is 2.38. The molecule has 4 nitrogen and oxygen atoms in total. The fourth-order valence-electron chi connectivity index (χ4n) is 8.25. The van der Waals surface area contributed by atoms with Gasteiger partial charge in [-0.15, -0.1) is 0 Å². The Morgan fingerprint density at radius 3 is 1.60 bits per heavy atom. The lowest BCUT2D eigenvalue weighted by Gasteiger charge is -2.17. The van der Waals surface area contributed by atoms with E-state index >= 15 is 0 Å². The summed E-state index contributed by atoms with van der Waals surface area (Å²) in [5.41, 5.74) is 14.8. The monoisotopic (exact) mass is 730 g/mol. The smallest absolute Gasteiger partial charge is 0.160 e. The van der Waals surface area contributed by atoms with Gasteiger partial charge in [-0.25, -0.2) is 9.97 Å². The van der Waals surface area contributed by atoms with Gasteiger partial charge in [-0.3, -0.25) is 0 Å². The van der Waals surface area contributed by atoms with Crippen LogP contribution >= 0.6 is 0 Å². The average Bonchev–Trinajstić information content (AvgIpc) is 3.77. The van der Waals surface area contributed by atoms with Crippen LogP contribution < -0.4 is 0 Å². The summed E-state index contributed by atoms with van der Waals surface area (Å²) in [4.78, 5) is 10.6. The molecule has 0 aliphatic rings. The summed E-state index contributed by atoms with van der Waals surface area (Å²) >= 11 is 0. The van der Waals surface area contributed by atoms with Gasteiger partial charge in [-0.1, -0.05) is 158 Å². The van der Waals surface area contributed by atoms with Crippen molar-refractivity contribution in [2.45, 2.75) is 6.92 Å². The highest BCUT2D eigenvalue weighted by atomic mass is 15.0. The summed E-state index contributed by atoms with van der Waals surface area (Å²) in [5.74, 6) is 0.677. The Bertz CT molecular complexity index is 3090. The van der Waals surface area contributed by atoms with E-state index in [9.17, 15) is 0 Å². The van der Waals surface area contributed by atoms with Gasteiger partial charge in [0.15, 0.2) is 5.82 Å². The van der Waals surface area contributed by atoms with Crippen LogP contribution in [0.4, 0.5) is 0 Å². The number of hydrogen-bond acceptors (Lipinski definition) is 2. The van der Waals surface area contributed by atoms with E-state index in [2.05, 4.69) is 193 Å². The van der Waals surface area contributed by atoms with Crippen molar-refractivity contribution in [3.05, 3.63) is 212 Å². The van der Waals surface area contributed by atoms with Crippen molar-refractivity contribution in [2.24, 2.45) is 0 Å². The van der Waals surface area contributed by atoms with Crippen LogP contribution in [-0.4, -0.2) is 19.1 Å². The van der Waals surface area contributed by atoms with E-state index in [0.717, 1.165) is 72.8 Å². The maximum absolute atomic E-state index is 5.34. The summed E-state index contributed by atoms with van der Waals surface area (Å²) in [6.45, 7) is 6.15. The predicted octanol–water partition coefficient (Wildman–Crippen LogP) is 13.7. The quantitative estimate of drug-likeness (QED) is 0.146. The van der Waals surface area contributed by atoms with Gasteiger partial charge in [-0.05, 0) is 66.6 Å². The molecule has 0 saturated carbocycles. The fourth-order valence-corrected chi connectivity index (χ4v) is 8.25. The lowest BCUT2D eigenvalue weighted by molar-refractivity contribution is 1.04. The van der Waals surface area contributed by atoms with Gasteiger partial charge < -0.3 is 9.13 Å². The van der Waals surface area contributed by atoms with Crippen LogP contribution in [0.1, 0.15) is 11.3 Å². The Balaban J connectivity index is 1.27. The molecule has 57 heavy (non-hydrogen) atoms. The fraction of sp³-hybridized carbons (Fsp3) is 0.0189. The molecule has 4 heteroatoms. The third-order valence-corrected chi connectivity index (χ3v) is 10.9. The molecule has 3 heterocycles. The van der Waals surface area contributed by atoms with Crippen LogP contribution in [0.5, 0.6) is 0 Å². The SMILES string of the molecule is C=C/C=C\c1c(C)n(-c2cc(-c3cc(-c4cccc(-c5ccccc5)c4)nc(-c4ccccc4)n3)cc(-n3c4ccccc4c4ccccc43)c2)c2ccccc12. The second kappa shape index (κ2) is 14.3. The van der Waals surface area contributed by atoms with Crippen molar-refractivity contribution >= 4 is 38.8 Å². The standard InChI is InChI=1S/C53H38N4/c1-3-4-24-44-36(2)56(50-28-14-11-25-45(44)50)42-32-41(33-43(34-42)57-51-29-15-12-26-46(51)47-27-13-16-30-52(47)57)49-35-48(54-53(55-49)38-20-9-6-10-21-38)40-23-17-22-39(31-40)37-18-7-5-8-19-37/h3-35H,1H2,2H3/b24-4-. The van der Waals surface area contributed by atoms with Crippen LogP contribution in [0.15, 0.2) is 201 Å². The largest absolute Gasteiger partial charge is 0.313 e. The molecule has 0 atom stereocenters. The zero-order valence-corrected chi connectivity index (χ0v) is 31.5. The molecule has 10 rings (SSSR count). The minimum absolute atomic E-state index is 0.677. The van der Waals surface area contributed by atoms with Crippen molar-refractivity contribution in [3.8, 4) is 56.4 Å². The molecule has 7 aromatic carbocycles. The highest BCUT2D eigenvalue weighted by molar-refractivity contribution is 6.09. The first kappa shape index (κ1) is 34.0. The van der Waals surface area contributed by atoms with Crippen molar-refractivity contribution in [1.82, 2.24) is 19.1 Å². The minimum atomic E-state index is 0.677. The van der Waals surface area contributed by atoms with Crippen LogP contribution in [0, 0.1) is 6.92 Å². The summed E-state index contributed by atoms with van der Waals surface area (Å²) < 4.78 is 4.77. The molecule has 0 spiro atoms. The second-order valence-electron chi connectivity index (χ2n) is 14.3. The van der Waals surface area contributed by atoms with E-state index in [0.29, 0.717) is 5.82 Å². The molecule has 0 radical (unpaired) electrons. The number of hydrogen-bond donors (Lipinski definition) is 0. The molecule has 0 fully saturated rings. The molecule has 0 saturated heterocycles. The second-order valence-corrected chi connectivity index (χ2v) is 14.3. The van der Waals surface area contributed by atoms with Crippen molar-refractivity contribution in [1.29, 1.82) is 0 Å². The lowest BCUT2D eigenvalue weighted by atomic mass is 10.0. The Hall–Kier alpha value is -7.56. The van der Waals surface area contributed by atoms with Crippen molar-refractivity contribution in [3.63, 3.8) is 0 Å². The number of fused-ring (bicyclic) bond motifs is 4. The average molecular weight is 731 g/mol. The Morgan fingerprint density at radius 2 is 0.947 bits per heavy atom. The number of para-hydroxylation sites is 3. The van der Waals surface area contributed by atoms with E-state index in [4.69, 9.17) is 9.97 Å². The Kier molecular flexibility index (Phi) is 8.50. The summed E-state index contributed by atoms with van der Waals surface area (Å²) in [6.07, 6.45) is 6.00. The van der Waals surface area contributed by atoms with Crippen LogP contribution in [0.3, 0.4) is 0 Å². The first-order valence-electron chi connectivity index (χ1n) is 19.3. The molecule has 0 amide bonds. The normalized spacial score (nSPS) is 11.6. The van der Waals surface area contributed by atoms with Crippen molar-refractivity contribution < 1.29 is 0 Å². The van der Waals surface area contributed by atoms with E-state index in [-0.39, 0.29) is 0 Å². The number of benzene rings is 7. The molecule has 0 unspecified atom stereocenters. The van der Waals surface area contributed by atoms with Gasteiger partial charge in [0.2, 0.25) is 0 Å². The Morgan fingerprint density at radius 1 is 0.439 bits per heavy atom. The third kappa shape index (κ3) is 6.05. The maximum Gasteiger partial charge on any atom is 0.160 e. The zero-order chi connectivity index (χ0) is 38.3. The van der Waals surface area contributed by atoms with Gasteiger partial charge in [0, 0.05) is 55.5 Å². The third-order valence-electron chi connectivity index (χ3n) is 10.9. The summed E-state index contributed by atoms with van der Waals surface area (Å²) in [6, 6.07) is 64.4. The number of allylic oxidation sites excluding steroid dienone is 2. The van der Waals surface area contributed by atoms with Gasteiger partial charge in [0.05, 0.1) is 27.9 Å². The van der Waals surface area contributed by atoms with Crippen LogP contribution in [0.2, 0.25) is 0 Å². The van der Waals surface area contributed by atoms with Gasteiger partial charge in [-0.2, -0.15) is 0 Å². The molecule has 0 aliphatic heterocycles. The zero-order valence-electron chi connectivity index (χ0n) is 31.5. The first-order chi connectivity index (χ1) is 28.1. The predicted molar refractivity (Wildman–Crippen MR) is 239 cm³/mol. The number of rotatable bonds is 8. The van der Waals surface area contributed by atoms with Gasteiger partial charge in [0.25, 0.3) is 0 Å². The molecule has 0 N–H and O–H groups in total. The van der Waals surface area contributed by atoms with Crippen LogP contribution in [0.25, 0.3) is 95.2 Å².